The predicted molar refractivity (Wildman–Crippen MR) is 116 cm³/mol. The summed E-state index contributed by atoms with van der Waals surface area (Å²) in [5.74, 6) is 0.291. The number of benzene rings is 1. The highest BCUT2D eigenvalue weighted by molar-refractivity contribution is 7.89. The van der Waals surface area contributed by atoms with Crippen LogP contribution in [0.5, 0.6) is 0 Å². The first kappa shape index (κ1) is 21.1. The average molecular weight is 444 g/mol. The van der Waals surface area contributed by atoms with Crippen LogP contribution in [0.15, 0.2) is 51.9 Å². The van der Waals surface area contributed by atoms with Crippen molar-refractivity contribution >= 4 is 21.6 Å². The Labute approximate surface area is 181 Å². The molecule has 1 amide bonds. The number of para-hydroxylation sites is 1. The van der Waals surface area contributed by atoms with Crippen molar-refractivity contribution < 1.29 is 17.6 Å². The fraction of sp³-hybridized carbons (Fsp3) is 0.333. The molecule has 3 aromatic rings. The Hall–Kier alpha value is -3.11. The molecule has 1 saturated heterocycles. The summed E-state index contributed by atoms with van der Waals surface area (Å²) in [6.45, 7) is 3.59. The fourth-order valence-electron chi connectivity index (χ4n) is 3.69. The number of anilines is 1. The molecule has 1 aromatic carbocycles. The van der Waals surface area contributed by atoms with Gasteiger partial charge in [-0.1, -0.05) is 18.2 Å². The smallest absolute Gasteiger partial charge is 0.257 e. The van der Waals surface area contributed by atoms with Crippen molar-refractivity contribution in [3.63, 3.8) is 0 Å². The van der Waals surface area contributed by atoms with Gasteiger partial charge in [0.25, 0.3) is 5.91 Å². The molecule has 0 radical (unpaired) electrons. The van der Waals surface area contributed by atoms with Gasteiger partial charge < -0.3 is 14.2 Å². The SMILES string of the molecule is Cc1oc(-c2[nH]ncc2C(=O)N(C)C)cc1S(=O)(=O)N1CCN(c2ccccc2)CC1. The minimum absolute atomic E-state index is 0.105. The van der Waals surface area contributed by atoms with Gasteiger partial charge in [-0.15, -0.1) is 0 Å². The van der Waals surface area contributed by atoms with Crippen molar-refractivity contribution in [1.29, 1.82) is 0 Å². The number of nitrogens with one attached hydrogen (secondary N) is 1. The van der Waals surface area contributed by atoms with Crippen molar-refractivity contribution in [1.82, 2.24) is 19.4 Å². The van der Waals surface area contributed by atoms with Gasteiger partial charge in [-0.25, -0.2) is 8.42 Å². The lowest BCUT2D eigenvalue weighted by molar-refractivity contribution is 0.0828. The summed E-state index contributed by atoms with van der Waals surface area (Å²) in [4.78, 5) is 16.1. The van der Waals surface area contributed by atoms with Crippen molar-refractivity contribution in [2.75, 3.05) is 45.2 Å². The number of aromatic amines is 1. The van der Waals surface area contributed by atoms with Crippen molar-refractivity contribution in [2.45, 2.75) is 11.8 Å². The third-order valence-electron chi connectivity index (χ3n) is 5.37. The molecule has 4 rings (SSSR count). The Morgan fingerprint density at radius 2 is 1.81 bits per heavy atom. The van der Waals surface area contributed by atoms with Crippen LogP contribution in [0.25, 0.3) is 11.5 Å². The molecule has 31 heavy (non-hydrogen) atoms. The van der Waals surface area contributed by atoms with Gasteiger partial charge in [0.05, 0.1) is 11.8 Å². The number of furan rings is 1. The molecule has 3 heterocycles. The Kier molecular flexibility index (Phi) is 5.59. The lowest BCUT2D eigenvalue weighted by Gasteiger charge is -2.35. The van der Waals surface area contributed by atoms with Gasteiger partial charge in [-0.05, 0) is 19.1 Å². The van der Waals surface area contributed by atoms with E-state index < -0.39 is 10.0 Å². The summed E-state index contributed by atoms with van der Waals surface area (Å²) >= 11 is 0. The molecule has 0 atom stereocenters. The fourth-order valence-corrected chi connectivity index (χ4v) is 5.27. The molecule has 10 heteroatoms. The maximum Gasteiger partial charge on any atom is 0.257 e. The molecular weight excluding hydrogens is 418 g/mol. The maximum atomic E-state index is 13.3. The summed E-state index contributed by atoms with van der Waals surface area (Å²) in [6, 6.07) is 11.4. The van der Waals surface area contributed by atoms with E-state index in [9.17, 15) is 13.2 Å². The number of amides is 1. The second-order valence-electron chi connectivity index (χ2n) is 7.62. The van der Waals surface area contributed by atoms with E-state index in [2.05, 4.69) is 15.1 Å². The van der Waals surface area contributed by atoms with E-state index in [-0.39, 0.29) is 22.3 Å². The van der Waals surface area contributed by atoms with Gasteiger partial charge in [0.15, 0.2) is 5.76 Å². The molecule has 164 valence electrons. The number of hydrogen-bond acceptors (Lipinski definition) is 6. The van der Waals surface area contributed by atoms with E-state index in [1.807, 2.05) is 30.3 Å². The van der Waals surface area contributed by atoms with Gasteiger partial charge in [-0.3, -0.25) is 9.89 Å². The van der Waals surface area contributed by atoms with Crippen LogP contribution in [0.4, 0.5) is 5.69 Å². The molecule has 0 bridgehead atoms. The Morgan fingerprint density at radius 3 is 2.45 bits per heavy atom. The van der Waals surface area contributed by atoms with Crippen LogP contribution < -0.4 is 4.90 Å². The van der Waals surface area contributed by atoms with Gasteiger partial charge in [0, 0.05) is 52.0 Å². The largest absolute Gasteiger partial charge is 0.458 e. The van der Waals surface area contributed by atoms with Crippen LogP contribution in [-0.4, -0.2) is 74.0 Å². The zero-order chi connectivity index (χ0) is 22.2. The third-order valence-corrected chi connectivity index (χ3v) is 7.38. The molecule has 0 aliphatic carbocycles. The standard InChI is InChI=1S/C21H25N5O4S/c1-15-19(13-18(30-15)20-17(14-22-23-20)21(27)24(2)3)31(28,29)26-11-9-25(10-12-26)16-7-5-4-6-8-16/h4-8,13-14H,9-12H2,1-3H3,(H,22,23). The van der Waals surface area contributed by atoms with Gasteiger partial charge in [0.1, 0.15) is 16.3 Å². The van der Waals surface area contributed by atoms with E-state index >= 15 is 0 Å². The first-order valence-electron chi connectivity index (χ1n) is 9.95. The molecule has 1 N–H and O–H groups in total. The van der Waals surface area contributed by atoms with Crippen molar-refractivity contribution in [3.05, 3.63) is 53.9 Å². The highest BCUT2D eigenvalue weighted by Crippen LogP contribution is 2.31. The summed E-state index contributed by atoms with van der Waals surface area (Å²) in [5.41, 5.74) is 1.76. The second kappa shape index (κ2) is 8.20. The number of carbonyl (C=O) groups excluding carboxylic acids is 1. The average Bonchev–Trinajstić information content (AvgIpc) is 3.40. The maximum absolute atomic E-state index is 13.3. The first-order chi connectivity index (χ1) is 14.8. The van der Waals surface area contributed by atoms with Crippen molar-refractivity contribution in [2.24, 2.45) is 0 Å². The van der Waals surface area contributed by atoms with Crippen molar-refractivity contribution in [3.8, 4) is 11.5 Å². The zero-order valence-electron chi connectivity index (χ0n) is 17.7. The van der Waals surface area contributed by atoms with Crippen LogP contribution in [0.2, 0.25) is 0 Å². The molecule has 2 aromatic heterocycles. The minimum Gasteiger partial charge on any atom is -0.458 e. The van der Waals surface area contributed by atoms with Gasteiger partial charge >= 0.3 is 0 Å². The summed E-state index contributed by atoms with van der Waals surface area (Å²) in [6.07, 6.45) is 1.41. The number of carbonyl (C=O) groups is 1. The molecule has 9 nitrogen and oxygen atoms in total. The number of H-pyrrole nitrogens is 1. The quantitative estimate of drug-likeness (QED) is 0.649. The Morgan fingerprint density at radius 1 is 1.13 bits per heavy atom. The number of nitrogens with zero attached hydrogens (tertiary/aromatic N) is 4. The summed E-state index contributed by atoms with van der Waals surface area (Å²) < 4.78 is 33.8. The number of rotatable bonds is 5. The van der Waals surface area contributed by atoms with Crippen LogP contribution >= 0.6 is 0 Å². The topological polar surface area (TPSA) is 103 Å². The molecule has 1 aliphatic heterocycles. The van der Waals surface area contributed by atoms with Crippen LogP contribution in [0, 0.1) is 6.92 Å². The number of sulfonamides is 1. The van der Waals surface area contributed by atoms with Gasteiger partial charge in [0.2, 0.25) is 10.0 Å². The van der Waals surface area contributed by atoms with Gasteiger partial charge in [-0.2, -0.15) is 9.40 Å². The number of piperazine rings is 1. The summed E-state index contributed by atoms with van der Waals surface area (Å²) in [5, 5.41) is 6.68. The first-order valence-corrected chi connectivity index (χ1v) is 11.4. The lowest BCUT2D eigenvalue weighted by atomic mass is 10.2. The lowest BCUT2D eigenvalue weighted by Crippen LogP contribution is -2.48. The predicted octanol–water partition coefficient (Wildman–Crippen LogP) is 2.19. The third kappa shape index (κ3) is 3.96. The Bertz CT molecular complexity index is 1180. The molecular formula is C21H25N5O4S. The van der Waals surface area contributed by atoms with E-state index in [1.54, 1.807) is 21.0 Å². The Balaban J connectivity index is 1.56. The number of aromatic nitrogens is 2. The highest BCUT2D eigenvalue weighted by Gasteiger charge is 2.32. The normalized spacial score (nSPS) is 15.3. The molecule has 0 unspecified atom stereocenters. The van der Waals surface area contributed by atoms with E-state index in [0.717, 1.165) is 5.69 Å². The minimum atomic E-state index is -3.73. The zero-order valence-corrected chi connectivity index (χ0v) is 18.5. The van der Waals surface area contributed by atoms with Crippen LogP contribution in [0.1, 0.15) is 16.1 Å². The molecule has 1 fully saturated rings. The van der Waals surface area contributed by atoms with Crippen LogP contribution in [-0.2, 0) is 10.0 Å². The molecule has 0 saturated carbocycles. The van der Waals surface area contributed by atoms with E-state index in [1.165, 1.54) is 21.5 Å². The monoisotopic (exact) mass is 443 g/mol. The second-order valence-corrected chi connectivity index (χ2v) is 9.52. The summed E-state index contributed by atoms with van der Waals surface area (Å²) in [7, 11) is -0.462. The number of hydrogen-bond donors (Lipinski definition) is 1. The van der Waals surface area contributed by atoms with Crippen LogP contribution in [0.3, 0.4) is 0 Å². The van der Waals surface area contributed by atoms with E-state index in [0.29, 0.717) is 37.4 Å². The van der Waals surface area contributed by atoms with E-state index in [4.69, 9.17) is 4.42 Å². The highest BCUT2D eigenvalue weighted by atomic mass is 32.2. The molecule has 0 spiro atoms. The molecule has 1 aliphatic rings. The number of aryl methyl sites for hydroxylation is 1.